The summed E-state index contributed by atoms with van der Waals surface area (Å²) in [6.07, 6.45) is 0.190. The van der Waals surface area contributed by atoms with Crippen LogP contribution in [-0.4, -0.2) is 120 Å². The number of furan rings is 1. The number of phenols is 1. The summed E-state index contributed by atoms with van der Waals surface area (Å²) in [5, 5.41) is 46.9. The van der Waals surface area contributed by atoms with Crippen LogP contribution in [0, 0.1) is 11.8 Å². The zero-order valence-electron chi connectivity index (χ0n) is 30.4. The number of fused-ring (bicyclic) bond motifs is 3. The zero-order chi connectivity index (χ0) is 37.8. The van der Waals surface area contributed by atoms with Crippen LogP contribution in [0.25, 0.3) is 17.1 Å². The Kier molecular flexibility index (Phi) is 9.83. The number of hydrogen-bond donors (Lipinski definition) is 5. The highest BCUT2D eigenvalue weighted by Gasteiger charge is 2.64. The first kappa shape index (κ1) is 36.8. The molecule has 0 saturated heterocycles. The molecule has 4 atom stereocenters. The normalized spacial score (nSPS) is 23.0. The van der Waals surface area contributed by atoms with Gasteiger partial charge in [-0.3, -0.25) is 24.2 Å². The van der Waals surface area contributed by atoms with Crippen molar-refractivity contribution in [2.45, 2.75) is 37.6 Å². The lowest BCUT2D eigenvalue weighted by atomic mass is 9.57. The van der Waals surface area contributed by atoms with E-state index in [0.29, 0.717) is 35.9 Å². The summed E-state index contributed by atoms with van der Waals surface area (Å²) in [4.78, 5) is 47.8. The topological polar surface area (TPSA) is 184 Å². The number of aliphatic hydroxyl groups is 3. The summed E-state index contributed by atoms with van der Waals surface area (Å²) in [5.41, 5.74) is 4.38. The van der Waals surface area contributed by atoms with E-state index in [2.05, 4.69) is 21.9 Å². The molecule has 3 aromatic rings. The molecule has 2 aromatic carbocycles. The van der Waals surface area contributed by atoms with Gasteiger partial charge in [0.05, 0.1) is 23.7 Å². The third-order valence-electron chi connectivity index (χ3n) is 10.6. The quantitative estimate of drug-likeness (QED) is 0.184. The van der Waals surface area contributed by atoms with Gasteiger partial charge in [-0.2, -0.15) is 0 Å². The van der Waals surface area contributed by atoms with Crippen molar-refractivity contribution in [2.24, 2.45) is 17.6 Å². The molecule has 1 heterocycles. The summed E-state index contributed by atoms with van der Waals surface area (Å²) in [6.45, 7) is 2.83. The van der Waals surface area contributed by atoms with Gasteiger partial charge in [0.25, 0.3) is 5.91 Å². The maximum atomic E-state index is 14.3. The average Bonchev–Trinajstić information content (AvgIpc) is 3.53. The lowest BCUT2D eigenvalue weighted by molar-refractivity contribution is -0.153. The minimum absolute atomic E-state index is 0.00660. The number of ketones is 2. The van der Waals surface area contributed by atoms with Gasteiger partial charge >= 0.3 is 0 Å². The molecule has 6 N–H and O–H groups in total. The van der Waals surface area contributed by atoms with E-state index in [4.69, 9.17) is 10.2 Å². The number of phenolic OH excluding ortho intramolecular Hbond substituents is 1. The average molecular weight is 714 g/mol. The first-order chi connectivity index (χ1) is 24.6. The van der Waals surface area contributed by atoms with Crippen molar-refractivity contribution in [1.29, 1.82) is 0 Å². The van der Waals surface area contributed by atoms with Crippen LogP contribution in [0.5, 0.6) is 5.75 Å². The summed E-state index contributed by atoms with van der Waals surface area (Å²) in [5.74, 6) is -5.92. The molecule has 1 saturated carbocycles. The smallest absolute Gasteiger partial charge is 0.255 e. The van der Waals surface area contributed by atoms with Crippen LogP contribution in [0.4, 0.5) is 5.69 Å². The maximum Gasteiger partial charge on any atom is 0.255 e. The Morgan fingerprint density at radius 1 is 0.962 bits per heavy atom. The number of primary amides is 1. The Bertz CT molecular complexity index is 1980. The molecule has 1 aromatic heterocycles. The summed E-state index contributed by atoms with van der Waals surface area (Å²) in [6, 6.07) is 14.4. The highest BCUT2D eigenvalue weighted by Crippen LogP contribution is 2.55. The van der Waals surface area contributed by atoms with Gasteiger partial charge in [0.1, 0.15) is 34.4 Å². The number of nitrogens with two attached hydrogens (primary N) is 1. The van der Waals surface area contributed by atoms with Crippen LogP contribution in [0.3, 0.4) is 0 Å². The second-order valence-corrected chi connectivity index (χ2v) is 14.8. The number of aromatic hydroxyl groups is 1. The molecule has 1 amide bonds. The summed E-state index contributed by atoms with van der Waals surface area (Å²) in [7, 11) is 10.8. The molecule has 0 aliphatic heterocycles. The fraction of sp³-hybridized carbons (Fsp3) is 0.410. The first-order valence-electron chi connectivity index (χ1n) is 17.3. The Morgan fingerprint density at radius 2 is 1.65 bits per heavy atom. The molecule has 0 bridgehead atoms. The largest absolute Gasteiger partial charge is 0.508 e. The van der Waals surface area contributed by atoms with Crippen molar-refractivity contribution in [2.75, 3.05) is 60.3 Å². The predicted molar refractivity (Wildman–Crippen MR) is 195 cm³/mol. The van der Waals surface area contributed by atoms with Crippen LogP contribution >= 0.6 is 0 Å². The predicted octanol–water partition coefficient (Wildman–Crippen LogP) is 2.85. The van der Waals surface area contributed by atoms with Crippen molar-refractivity contribution in [3.05, 3.63) is 87.9 Å². The number of nitrogens with zero attached hydrogens (tertiary/aromatic N) is 4. The minimum atomic E-state index is -2.71. The molecule has 0 unspecified atom stereocenters. The molecule has 52 heavy (non-hydrogen) atoms. The SMILES string of the molecule is CN(C)CCN(Cc1ccccc1)Cc1ccc(-c2cc(N(C)C)c3c(c2O)C(O)=C2C(=O)[C@@]4(O)C(O)=C(C(N)=O)C(=O)[C@H](N(C)C)[C@H]4C[C@H]2C3)o1. The highest BCUT2D eigenvalue weighted by molar-refractivity contribution is 6.24. The standard InChI is InChI=1S/C39H47N5O8/c1-41(2)14-15-44(19-21-10-8-7-9-11-21)20-23-12-13-28(52-23)25-18-27(42(3)4)24-16-22-17-26-32(43(5)6)35(47)31(38(40)50)37(49)39(26,51)36(48)29(22)34(46)30(24)33(25)45/h7-13,18,22,26,32,45-46,49,51H,14-17,19-20H2,1-6H3,(H2,40,50)/t22-,26-,32-,39-/m1/s1. The van der Waals surface area contributed by atoms with E-state index in [1.165, 1.54) is 4.90 Å². The van der Waals surface area contributed by atoms with E-state index in [1.807, 2.05) is 57.4 Å². The van der Waals surface area contributed by atoms with Gasteiger partial charge in [-0.05, 0) is 76.3 Å². The molecule has 6 rings (SSSR count). The number of anilines is 1. The van der Waals surface area contributed by atoms with E-state index in [9.17, 15) is 34.8 Å². The van der Waals surface area contributed by atoms with Gasteiger partial charge < -0.3 is 40.4 Å². The van der Waals surface area contributed by atoms with Crippen molar-refractivity contribution in [3.63, 3.8) is 0 Å². The van der Waals surface area contributed by atoms with Crippen LogP contribution in [-0.2, 0) is 33.9 Å². The molecule has 3 aliphatic carbocycles. The van der Waals surface area contributed by atoms with Crippen molar-refractivity contribution in [3.8, 4) is 17.1 Å². The lowest BCUT2D eigenvalue weighted by Crippen LogP contribution is -2.65. The number of Topliss-reactive ketones (excluding diaryl/α,β-unsaturated/α-hetero) is 2. The number of aliphatic hydroxyl groups excluding tert-OH is 2. The van der Waals surface area contributed by atoms with Crippen LogP contribution in [0.1, 0.15) is 28.9 Å². The van der Waals surface area contributed by atoms with Crippen molar-refractivity contribution in [1.82, 2.24) is 14.7 Å². The fourth-order valence-electron chi connectivity index (χ4n) is 8.10. The molecule has 13 heteroatoms. The van der Waals surface area contributed by atoms with Crippen LogP contribution in [0.15, 0.2) is 69.9 Å². The van der Waals surface area contributed by atoms with Crippen LogP contribution in [0.2, 0.25) is 0 Å². The second kappa shape index (κ2) is 13.9. The van der Waals surface area contributed by atoms with E-state index >= 15 is 0 Å². The molecule has 3 aliphatic rings. The summed E-state index contributed by atoms with van der Waals surface area (Å²) >= 11 is 0. The van der Waals surface area contributed by atoms with E-state index in [-0.39, 0.29) is 35.3 Å². The van der Waals surface area contributed by atoms with Crippen LogP contribution < -0.4 is 10.6 Å². The number of rotatable bonds is 11. The molecule has 0 spiro atoms. The van der Waals surface area contributed by atoms with E-state index in [0.717, 1.165) is 18.7 Å². The van der Waals surface area contributed by atoms with Gasteiger partial charge in [-0.1, -0.05) is 30.3 Å². The molecule has 0 radical (unpaired) electrons. The molecular weight excluding hydrogens is 666 g/mol. The number of likely N-dealkylation sites (N-methyl/N-ethyl adjacent to an activating group) is 2. The van der Waals surface area contributed by atoms with E-state index in [1.54, 1.807) is 26.2 Å². The third kappa shape index (κ3) is 6.17. The monoisotopic (exact) mass is 713 g/mol. The maximum absolute atomic E-state index is 14.3. The lowest BCUT2D eigenvalue weighted by Gasteiger charge is -2.50. The second-order valence-electron chi connectivity index (χ2n) is 14.8. The fourth-order valence-corrected chi connectivity index (χ4v) is 8.10. The number of carbonyl (C=O) groups is 3. The Balaban J connectivity index is 1.42. The number of amides is 1. The Hall–Kier alpha value is -4.95. The van der Waals surface area contributed by atoms with Gasteiger partial charge in [0.2, 0.25) is 5.78 Å². The van der Waals surface area contributed by atoms with Gasteiger partial charge in [-0.15, -0.1) is 0 Å². The molecular formula is C39H47N5O8. The highest BCUT2D eigenvalue weighted by atomic mass is 16.4. The van der Waals surface area contributed by atoms with Gasteiger partial charge in [0, 0.05) is 50.9 Å². The Morgan fingerprint density at radius 3 is 2.27 bits per heavy atom. The number of hydrogen-bond acceptors (Lipinski definition) is 12. The van der Waals surface area contributed by atoms with Gasteiger partial charge in [0.15, 0.2) is 11.4 Å². The van der Waals surface area contributed by atoms with Gasteiger partial charge in [-0.25, -0.2) is 0 Å². The van der Waals surface area contributed by atoms with Crippen molar-refractivity contribution < 1.29 is 39.2 Å². The number of benzene rings is 2. The molecule has 276 valence electrons. The summed E-state index contributed by atoms with van der Waals surface area (Å²) < 4.78 is 6.34. The van der Waals surface area contributed by atoms with Crippen molar-refractivity contribution >= 4 is 28.9 Å². The molecule has 13 nitrogen and oxygen atoms in total. The first-order valence-corrected chi connectivity index (χ1v) is 17.3. The third-order valence-corrected chi connectivity index (χ3v) is 10.6. The number of carbonyl (C=O) groups excluding carboxylic acids is 3. The minimum Gasteiger partial charge on any atom is -0.508 e. The Labute approximate surface area is 302 Å². The zero-order valence-corrected chi connectivity index (χ0v) is 30.4. The van der Waals surface area contributed by atoms with E-state index < -0.39 is 58.0 Å². The molecule has 1 fully saturated rings.